The van der Waals surface area contributed by atoms with Gasteiger partial charge in [-0.15, -0.1) is 10.2 Å². The molecule has 1 amide bonds. The topological polar surface area (TPSA) is 76.2 Å². The molecule has 9 heteroatoms. The molecule has 1 fully saturated rings. The number of carbonyl (C=O) groups is 1. The molecule has 2 aromatic heterocycles. The fourth-order valence-electron chi connectivity index (χ4n) is 3.66. The first-order valence-electron chi connectivity index (χ1n) is 10.4. The van der Waals surface area contributed by atoms with E-state index in [9.17, 15) is 4.79 Å². The zero-order valence-corrected chi connectivity index (χ0v) is 19.2. The average molecular weight is 460 g/mol. The van der Waals surface area contributed by atoms with E-state index in [1.165, 1.54) is 18.2 Å². The van der Waals surface area contributed by atoms with Crippen LogP contribution in [-0.2, 0) is 11.3 Å². The SMILES string of the molecule is C[C@@H]1CCCN(c2nnc(S[C@H](C)C(=O)Nc3ccc(Cl)cc3)n2Cc2ccco2)C1. The number of hydrogen-bond acceptors (Lipinski definition) is 6. The first kappa shape index (κ1) is 21.8. The second-order valence-electron chi connectivity index (χ2n) is 7.90. The van der Waals surface area contributed by atoms with Crippen LogP contribution in [0.5, 0.6) is 0 Å². The van der Waals surface area contributed by atoms with Gasteiger partial charge >= 0.3 is 0 Å². The van der Waals surface area contributed by atoms with Crippen LogP contribution in [-0.4, -0.2) is 39.0 Å². The Morgan fingerprint density at radius 3 is 2.84 bits per heavy atom. The summed E-state index contributed by atoms with van der Waals surface area (Å²) in [4.78, 5) is 15.0. The smallest absolute Gasteiger partial charge is 0.237 e. The van der Waals surface area contributed by atoms with Gasteiger partial charge in [0.1, 0.15) is 5.76 Å². The average Bonchev–Trinajstić information content (AvgIpc) is 3.40. The lowest BCUT2D eigenvalue weighted by molar-refractivity contribution is -0.115. The Morgan fingerprint density at radius 2 is 2.13 bits per heavy atom. The molecule has 7 nitrogen and oxygen atoms in total. The summed E-state index contributed by atoms with van der Waals surface area (Å²) in [6.45, 7) is 6.56. The van der Waals surface area contributed by atoms with E-state index in [0.29, 0.717) is 28.3 Å². The fraction of sp³-hybridized carbons (Fsp3) is 0.409. The highest BCUT2D eigenvalue weighted by molar-refractivity contribution is 8.00. The first-order valence-corrected chi connectivity index (χ1v) is 11.7. The van der Waals surface area contributed by atoms with Crippen LogP contribution < -0.4 is 10.2 Å². The van der Waals surface area contributed by atoms with Gasteiger partial charge in [-0.2, -0.15) is 0 Å². The number of anilines is 2. The van der Waals surface area contributed by atoms with Crippen molar-refractivity contribution in [2.24, 2.45) is 5.92 Å². The van der Waals surface area contributed by atoms with E-state index in [0.717, 1.165) is 31.2 Å². The predicted molar refractivity (Wildman–Crippen MR) is 124 cm³/mol. The summed E-state index contributed by atoms with van der Waals surface area (Å²) >= 11 is 7.31. The molecule has 0 unspecified atom stereocenters. The van der Waals surface area contributed by atoms with E-state index in [-0.39, 0.29) is 11.2 Å². The number of furan rings is 1. The molecule has 31 heavy (non-hydrogen) atoms. The summed E-state index contributed by atoms with van der Waals surface area (Å²) in [5.41, 5.74) is 0.710. The molecule has 1 N–H and O–H groups in total. The molecular formula is C22H26ClN5O2S. The van der Waals surface area contributed by atoms with Gasteiger partial charge in [-0.25, -0.2) is 0 Å². The summed E-state index contributed by atoms with van der Waals surface area (Å²) < 4.78 is 7.62. The van der Waals surface area contributed by atoms with Gasteiger partial charge in [-0.1, -0.05) is 30.3 Å². The van der Waals surface area contributed by atoms with Crippen molar-refractivity contribution in [3.05, 3.63) is 53.4 Å². The maximum atomic E-state index is 12.7. The van der Waals surface area contributed by atoms with Crippen LogP contribution in [0.25, 0.3) is 0 Å². The molecule has 0 aliphatic carbocycles. The van der Waals surface area contributed by atoms with E-state index in [1.54, 1.807) is 30.5 Å². The number of benzene rings is 1. The predicted octanol–water partition coefficient (Wildman–Crippen LogP) is 4.93. The van der Waals surface area contributed by atoms with Gasteiger partial charge in [0, 0.05) is 23.8 Å². The molecule has 3 aromatic rings. The van der Waals surface area contributed by atoms with Crippen LogP contribution in [0, 0.1) is 5.92 Å². The van der Waals surface area contributed by atoms with E-state index >= 15 is 0 Å². The van der Waals surface area contributed by atoms with Gasteiger partial charge in [0.2, 0.25) is 11.9 Å². The summed E-state index contributed by atoms with van der Waals surface area (Å²) in [7, 11) is 0. The van der Waals surface area contributed by atoms with Gasteiger partial charge in [-0.05, 0) is 62.1 Å². The number of piperidine rings is 1. The minimum atomic E-state index is -0.358. The lowest BCUT2D eigenvalue weighted by Gasteiger charge is -2.31. The second kappa shape index (κ2) is 9.78. The lowest BCUT2D eigenvalue weighted by atomic mass is 10.0. The van der Waals surface area contributed by atoms with Crippen LogP contribution in [0.2, 0.25) is 5.02 Å². The Labute approximate surface area is 191 Å². The molecule has 1 saturated heterocycles. The number of nitrogens with zero attached hydrogens (tertiary/aromatic N) is 4. The maximum Gasteiger partial charge on any atom is 0.237 e. The van der Waals surface area contributed by atoms with Crippen molar-refractivity contribution in [1.82, 2.24) is 14.8 Å². The van der Waals surface area contributed by atoms with Gasteiger partial charge in [0.15, 0.2) is 5.16 Å². The minimum Gasteiger partial charge on any atom is -0.467 e. The Bertz CT molecular complexity index is 1010. The van der Waals surface area contributed by atoms with E-state index in [1.807, 2.05) is 23.6 Å². The fourth-order valence-corrected chi connectivity index (χ4v) is 4.63. The molecule has 3 heterocycles. The first-order chi connectivity index (χ1) is 15.0. The highest BCUT2D eigenvalue weighted by Crippen LogP contribution is 2.29. The number of halogens is 1. The highest BCUT2D eigenvalue weighted by Gasteiger charge is 2.26. The van der Waals surface area contributed by atoms with Crippen LogP contribution in [0.3, 0.4) is 0 Å². The van der Waals surface area contributed by atoms with Crippen molar-refractivity contribution in [2.75, 3.05) is 23.3 Å². The van der Waals surface area contributed by atoms with E-state index in [2.05, 4.69) is 27.3 Å². The lowest BCUT2D eigenvalue weighted by Crippen LogP contribution is -2.36. The number of amides is 1. The third-order valence-electron chi connectivity index (χ3n) is 5.29. The van der Waals surface area contributed by atoms with Crippen LogP contribution in [0.4, 0.5) is 11.6 Å². The molecule has 2 atom stereocenters. The van der Waals surface area contributed by atoms with Gasteiger partial charge in [0.25, 0.3) is 0 Å². The van der Waals surface area contributed by atoms with E-state index < -0.39 is 0 Å². The summed E-state index contributed by atoms with van der Waals surface area (Å²) in [6.07, 6.45) is 4.03. The molecule has 0 saturated carbocycles. The van der Waals surface area contributed by atoms with Gasteiger partial charge < -0.3 is 14.6 Å². The van der Waals surface area contributed by atoms with Crippen molar-refractivity contribution >= 4 is 40.9 Å². The molecule has 164 valence electrons. The van der Waals surface area contributed by atoms with Crippen molar-refractivity contribution in [3.63, 3.8) is 0 Å². The summed E-state index contributed by atoms with van der Waals surface area (Å²) in [5.74, 6) is 2.16. The summed E-state index contributed by atoms with van der Waals surface area (Å²) in [5, 5.41) is 12.8. The van der Waals surface area contributed by atoms with Crippen molar-refractivity contribution in [2.45, 2.75) is 43.6 Å². The van der Waals surface area contributed by atoms with Crippen LogP contribution in [0.15, 0.2) is 52.2 Å². The standard InChI is InChI=1S/C22H26ClN5O2S/c1-15-5-3-11-27(13-15)21-25-26-22(28(21)14-19-6-4-12-30-19)31-16(2)20(29)24-18-9-7-17(23)8-10-18/h4,6-10,12,15-16H,3,5,11,13-14H2,1-2H3,(H,24,29)/t15-,16-/m1/s1. The quantitative estimate of drug-likeness (QED) is 0.505. The third-order valence-corrected chi connectivity index (χ3v) is 6.63. The molecule has 1 aliphatic rings. The number of aromatic nitrogens is 3. The monoisotopic (exact) mass is 459 g/mol. The molecule has 0 spiro atoms. The van der Waals surface area contributed by atoms with Crippen LogP contribution >= 0.6 is 23.4 Å². The second-order valence-corrected chi connectivity index (χ2v) is 9.64. The minimum absolute atomic E-state index is 0.104. The number of thioether (sulfide) groups is 1. The Hall–Kier alpha value is -2.45. The molecule has 1 aliphatic heterocycles. The molecule has 4 rings (SSSR count). The van der Waals surface area contributed by atoms with E-state index in [4.69, 9.17) is 16.0 Å². The number of rotatable bonds is 7. The highest BCUT2D eigenvalue weighted by atomic mass is 35.5. The number of hydrogen-bond donors (Lipinski definition) is 1. The van der Waals surface area contributed by atoms with Gasteiger partial charge in [0.05, 0.1) is 18.1 Å². The van der Waals surface area contributed by atoms with Crippen LogP contribution in [0.1, 0.15) is 32.4 Å². The van der Waals surface area contributed by atoms with Crippen molar-refractivity contribution < 1.29 is 9.21 Å². The van der Waals surface area contributed by atoms with Gasteiger partial charge in [-0.3, -0.25) is 9.36 Å². The Kier molecular flexibility index (Phi) is 6.87. The zero-order chi connectivity index (χ0) is 21.8. The Balaban J connectivity index is 1.52. The Morgan fingerprint density at radius 1 is 1.32 bits per heavy atom. The van der Waals surface area contributed by atoms with Crippen molar-refractivity contribution in [3.8, 4) is 0 Å². The maximum absolute atomic E-state index is 12.7. The molecular weight excluding hydrogens is 434 g/mol. The number of carbonyl (C=O) groups excluding carboxylic acids is 1. The summed E-state index contributed by atoms with van der Waals surface area (Å²) in [6, 6.07) is 10.9. The van der Waals surface area contributed by atoms with Crippen molar-refractivity contribution in [1.29, 1.82) is 0 Å². The molecule has 0 bridgehead atoms. The largest absolute Gasteiger partial charge is 0.467 e. The molecule has 0 radical (unpaired) electrons. The number of nitrogens with one attached hydrogen (secondary N) is 1. The third kappa shape index (κ3) is 5.43. The zero-order valence-electron chi connectivity index (χ0n) is 17.6. The normalized spacial score (nSPS) is 17.5. The molecule has 1 aromatic carbocycles.